The number of amides is 2. The Morgan fingerprint density at radius 3 is 2.57 bits per heavy atom. The molecule has 0 bridgehead atoms. The molecule has 2 amide bonds. The zero-order valence-electron chi connectivity index (χ0n) is 13.3. The van der Waals surface area contributed by atoms with Crippen LogP contribution in [-0.4, -0.2) is 35.3 Å². The van der Waals surface area contributed by atoms with Gasteiger partial charge >= 0.3 is 0 Å². The second kappa shape index (κ2) is 7.62. The van der Waals surface area contributed by atoms with Crippen LogP contribution in [0.3, 0.4) is 0 Å². The Morgan fingerprint density at radius 2 is 1.95 bits per heavy atom. The topological polar surface area (TPSA) is 49.4 Å². The third-order valence-corrected chi connectivity index (χ3v) is 4.71. The molecule has 2 unspecified atom stereocenters. The minimum Gasteiger partial charge on any atom is -0.342 e. The van der Waals surface area contributed by atoms with Crippen LogP contribution in [0.2, 0.25) is 0 Å². The monoisotopic (exact) mass is 292 g/mol. The normalized spacial score (nSPS) is 28.2. The number of allylic oxidation sites excluding steroid dienone is 1. The standard InChI is InChI=1S/C17H28N2O2/c1-3-5-12-19-15(13-10-7-6-8-11-13)16(20)18-14(9-4-2)17(19)21/h3,5,13-15H,4,6-12H2,1-2H3,(H,18,20)/b5-3+. The van der Waals surface area contributed by atoms with Crippen molar-refractivity contribution in [1.29, 1.82) is 0 Å². The molecule has 0 aromatic heterocycles. The molecular formula is C17H28N2O2. The van der Waals surface area contributed by atoms with E-state index in [0.29, 0.717) is 12.5 Å². The fourth-order valence-corrected chi connectivity index (χ4v) is 3.62. The number of carbonyl (C=O) groups is 2. The van der Waals surface area contributed by atoms with E-state index in [1.165, 1.54) is 19.3 Å². The van der Waals surface area contributed by atoms with Gasteiger partial charge in [0.15, 0.2) is 0 Å². The van der Waals surface area contributed by atoms with Gasteiger partial charge in [0.25, 0.3) is 0 Å². The summed E-state index contributed by atoms with van der Waals surface area (Å²) in [5.74, 6) is 0.491. The third kappa shape index (κ3) is 3.66. The molecule has 2 atom stereocenters. The van der Waals surface area contributed by atoms with Crippen molar-refractivity contribution in [3.63, 3.8) is 0 Å². The zero-order valence-corrected chi connectivity index (χ0v) is 13.3. The van der Waals surface area contributed by atoms with Gasteiger partial charge < -0.3 is 10.2 Å². The molecule has 21 heavy (non-hydrogen) atoms. The van der Waals surface area contributed by atoms with E-state index in [9.17, 15) is 9.59 Å². The van der Waals surface area contributed by atoms with Crippen LogP contribution in [0.15, 0.2) is 12.2 Å². The number of hydrogen-bond acceptors (Lipinski definition) is 2. The first kappa shape index (κ1) is 16.1. The van der Waals surface area contributed by atoms with Crippen molar-refractivity contribution in [3.8, 4) is 0 Å². The van der Waals surface area contributed by atoms with Crippen LogP contribution in [0.5, 0.6) is 0 Å². The van der Waals surface area contributed by atoms with Crippen molar-refractivity contribution in [3.05, 3.63) is 12.2 Å². The second-order valence-electron chi connectivity index (χ2n) is 6.25. The summed E-state index contributed by atoms with van der Waals surface area (Å²) in [4.78, 5) is 27.1. The van der Waals surface area contributed by atoms with Gasteiger partial charge in [-0.25, -0.2) is 0 Å². The molecule has 4 heteroatoms. The van der Waals surface area contributed by atoms with Crippen molar-refractivity contribution in [2.45, 2.75) is 70.9 Å². The molecule has 0 radical (unpaired) electrons. The van der Waals surface area contributed by atoms with Gasteiger partial charge in [0.2, 0.25) is 11.8 Å². The largest absolute Gasteiger partial charge is 0.342 e. The zero-order chi connectivity index (χ0) is 15.2. The lowest BCUT2D eigenvalue weighted by atomic mass is 9.81. The molecule has 2 aliphatic rings. The first-order valence-corrected chi connectivity index (χ1v) is 8.41. The summed E-state index contributed by atoms with van der Waals surface area (Å²) >= 11 is 0. The molecule has 1 aliphatic carbocycles. The van der Waals surface area contributed by atoms with Crippen LogP contribution in [0, 0.1) is 5.92 Å². The molecule has 4 nitrogen and oxygen atoms in total. The minimum atomic E-state index is -0.326. The summed E-state index contributed by atoms with van der Waals surface area (Å²) in [6, 6.07) is -0.588. The Morgan fingerprint density at radius 1 is 1.24 bits per heavy atom. The van der Waals surface area contributed by atoms with Crippen LogP contribution in [-0.2, 0) is 9.59 Å². The summed E-state index contributed by atoms with van der Waals surface area (Å²) in [6.45, 7) is 4.56. The number of carbonyl (C=O) groups excluding carboxylic acids is 2. The van der Waals surface area contributed by atoms with E-state index in [1.54, 1.807) is 0 Å². The molecule has 1 heterocycles. The third-order valence-electron chi connectivity index (χ3n) is 4.71. The fraction of sp³-hybridized carbons (Fsp3) is 0.765. The van der Waals surface area contributed by atoms with Crippen LogP contribution < -0.4 is 5.32 Å². The summed E-state index contributed by atoms with van der Waals surface area (Å²) in [5.41, 5.74) is 0. The van der Waals surface area contributed by atoms with E-state index in [0.717, 1.165) is 25.7 Å². The molecule has 0 spiro atoms. The van der Waals surface area contributed by atoms with E-state index < -0.39 is 0 Å². The number of rotatable bonds is 5. The highest BCUT2D eigenvalue weighted by atomic mass is 16.2. The van der Waals surface area contributed by atoms with E-state index in [4.69, 9.17) is 0 Å². The average molecular weight is 292 g/mol. The Labute approximate surface area is 128 Å². The number of nitrogens with zero attached hydrogens (tertiary/aromatic N) is 1. The fourth-order valence-electron chi connectivity index (χ4n) is 3.62. The van der Waals surface area contributed by atoms with Crippen LogP contribution >= 0.6 is 0 Å². The van der Waals surface area contributed by atoms with Gasteiger partial charge in [-0.2, -0.15) is 0 Å². The molecular weight excluding hydrogens is 264 g/mol. The maximum absolute atomic E-state index is 12.7. The lowest BCUT2D eigenvalue weighted by molar-refractivity contribution is -0.151. The Hall–Kier alpha value is -1.32. The molecule has 2 rings (SSSR count). The van der Waals surface area contributed by atoms with Crippen molar-refractivity contribution in [2.24, 2.45) is 5.92 Å². The first-order chi connectivity index (χ1) is 10.2. The van der Waals surface area contributed by atoms with E-state index >= 15 is 0 Å². The Kier molecular flexibility index (Phi) is 5.83. The predicted octanol–water partition coefficient (Wildman–Crippen LogP) is 2.64. The van der Waals surface area contributed by atoms with Crippen LogP contribution in [0.4, 0.5) is 0 Å². The number of hydrogen-bond donors (Lipinski definition) is 1. The van der Waals surface area contributed by atoms with Gasteiger partial charge in [0.05, 0.1) is 0 Å². The van der Waals surface area contributed by atoms with Gasteiger partial charge in [-0.3, -0.25) is 9.59 Å². The minimum absolute atomic E-state index is 0.0597. The predicted molar refractivity (Wildman–Crippen MR) is 83.7 cm³/mol. The van der Waals surface area contributed by atoms with Gasteiger partial charge in [-0.05, 0) is 32.1 Å². The highest BCUT2D eigenvalue weighted by Gasteiger charge is 2.43. The molecule has 2 fully saturated rings. The van der Waals surface area contributed by atoms with Crippen LogP contribution in [0.25, 0.3) is 0 Å². The quantitative estimate of drug-likeness (QED) is 0.792. The van der Waals surface area contributed by atoms with Crippen LogP contribution in [0.1, 0.15) is 58.8 Å². The number of nitrogens with one attached hydrogen (secondary N) is 1. The highest BCUT2D eigenvalue weighted by Crippen LogP contribution is 2.31. The summed E-state index contributed by atoms with van der Waals surface area (Å²) in [7, 11) is 0. The molecule has 0 aromatic rings. The molecule has 1 saturated carbocycles. The smallest absolute Gasteiger partial charge is 0.246 e. The Balaban J connectivity index is 2.18. The molecule has 0 aromatic carbocycles. The van der Waals surface area contributed by atoms with Gasteiger partial charge in [-0.1, -0.05) is 44.8 Å². The SMILES string of the molecule is C/C=C/CN1C(=O)C(CCC)NC(=O)C1C1CCCCC1. The van der Waals surface area contributed by atoms with E-state index in [-0.39, 0.29) is 23.9 Å². The van der Waals surface area contributed by atoms with Gasteiger partial charge in [-0.15, -0.1) is 0 Å². The van der Waals surface area contributed by atoms with Crippen molar-refractivity contribution >= 4 is 11.8 Å². The molecule has 1 saturated heterocycles. The Bertz CT molecular complexity index is 400. The van der Waals surface area contributed by atoms with E-state index in [1.807, 2.05) is 30.9 Å². The second-order valence-corrected chi connectivity index (χ2v) is 6.25. The average Bonchev–Trinajstić information content (AvgIpc) is 2.50. The first-order valence-electron chi connectivity index (χ1n) is 8.41. The maximum atomic E-state index is 12.7. The summed E-state index contributed by atoms with van der Waals surface area (Å²) in [5, 5.41) is 2.97. The maximum Gasteiger partial charge on any atom is 0.246 e. The lowest BCUT2D eigenvalue weighted by Crippen LogP contribution is -2.65. The summed E-state index contributed by atoms with van der Waals surface area (Å²) in [6.07, 6.45) is 11.3. The lowest BCUT2D eigenvalue weighted by Gasteiger charge is -2.43. The molecule has 1 aliphatic heterocycles. The van der Waals surface area contributed by atoms with Crippen molar-refractivity contribution < 1.29 is 9.59 Å². The van der Waals surface area contributed by atoms with E-state index in [2.05, 4.69) is 5.32 Å². The van der Waals surface area contributed by atoms with Gasteiger partial charge in [0.1, 0.15) is 12.1 Å². The number of piperazine rings is 1. The van der Waals surface area contributed by atoms with Gasteiger partial charge in [0, 0.05) is 6.54 Å². The van der Waals surface area contributed by atoms with Crippen molar-refractivity contribution in [1.82, 2.24) is 10.2 Å². The molecule has 118 valence electrons. The molecule has 1 N–H and O–H groups in total. The highest BCUT2D eigenvalue weighted by molar-refractivity contribution is 5.97. The summed E-state index contributed by atoms with van der Waals surface area (Å²) < 4.78 is 0. The van der Waals surface area contributed by atoms with Crippen molar-refractivity contribution in [2.75, 3.05) is 6.54 Å².